The van der Waals surface area contributed by atoms with Crippen LogP contribution in [0.2, 0.25) is 0 Å². The van der Waals surface area contributed by atoms with Crippen molar-refractivity contribution in [2.75, 3.05) is 6.79 Å². The maximum atomic E-state index is 12.5. The second-order valence-corrected chi connectivity index (χ2v) is 3.19. The highest BCUT2D eigenvalue weighted by atomic mass is 19.1. The lowest BCUT2D eigenvalue weighted by atomic mass is 10.1. The Kier molecular flexibility index (Phi) is 2.45. The van der Waals surface area contributed by atoms with Crippen LogP contribution < -0.4 is 9.47 Å². The molecule has 0 aliphatic carbocycles. The van der Waals surface area contributed by atoms with Crippen LogP contribution in [0.3, 0.4) is 0 Å². The summed E-state index contributed by atoms with van der Waals surface area (Å²) in [6, 6.07) is 3.01. The molecule has 0 unspecified atom stereocenters. The van der Waals surface area contributed by atoms with Gasteiger partial charge in [-0.05, 0) is 17.7 Å². The Morgan fingerprint density at radius 1 is 1.47 bits per heavy atom. The van der Waals surface area contributed by atoms with Crippen molar-refractivity contribution in [2.24, 2.45) is 0 Å². The van der Waals surface area contributed by atoms with Crippen LogP contribution in [0.15, 0.2) is 12.1 Å². The van der Waals surface area contributed by atoms with Crippen LogP contribution in [0.1, 0.15) is 11.1 Å². The molecule has 0 bridgehead atoms. The normalized spacial score (nSPS) is 12.9. The molecular weight excluding hydrogens is 203 g/mol. The van der Waals surface area contributed by atoms with Gasteiger partial charge in [-0.2, -0.15) is 0 Å². The molecule has 1 aromatic rings. The molecule has 0 radical (unpaired) electrons. The van der Waals surface area contributed by atoms with Gasteiger partial charge in [-0.1, -0.05) is 0 Å². The number of carboxylic acid groups (broad SMARTS) is 1. The Hall–Kier alpha value is -1.78. The third-order valence-corrected chi connectivity index (χ3v) is 2.11. The summed E-state index contributed by atoms with van der Waals surface area (Å²) >= 11 is 0. The van der Waals surface area contributed by atoms with Crippen molar-refractivity contribution in [2.45, 2.75) is 13.1 Å². The van der Waals surface area contributed by atoms with Crippen LogP contribution in [-0.2, 0) is 17.9 Å². The molecule has 0 amide bonds. The number of fused-ring (bicyclic) bond motifs is 1. The van der Waals surface area contributed by atoms with Crippen LogP contribution in [0.25, 0.3) is 0 Å². The summed E-state index contributed by atoms with van der Waals surface area (Å²) in [5.41, 5.74) is 0.848. The van der Waals surface area contributed by atoms with Crippen LogP contribution in [0, 0.1) is 0 Å². The number of ether oxygens (including phenoxy) is 2. The lowest BCUT2D eigenvalue weighted by Gasteiger charge is -2.05. The number of halogens is 1. The molecule has 0 fully saturated rings. The van der Waals surface area contributed by atoms with Gasteiger partial charge in [-0.25, -0.2) is 4.39 Å². The summed E-state index contributed by atoms with van der Waals surface area (Å²) in [6.45, 7) is -0.596. The minimum absolute atomic E-state index is 0.0533. The van der Waals surface area contributed by atoms with Crippen LogP contribution >= 0.6 is 0 Å². The van der Waals surface area contributed by atoms with Crippen LogP contribution in [0.5, 0.6) is 11.5 Å². The first-order valence-corrected chi connectivity index (χ1v) is 4.40. The van der Waals surface area contributed by atoms with Crippen molar-refractivity contribution >= 4 is 5.97 Å². The predicted molar refractivity (Wildman–Crippen MR) is 48.7 cm³/mol. The van der Waals surface area contributed by atoms with Gasteiger partial charge < -0.3 is 14.6 Å². The molecule has 80 valence electrons. The summed E-state index contributed by atoms with van der Waals surface area (Å²) < 4.78 is 22.7. The van der Waals surface area contributed by atoms with Gasteiger partial charge in [-0.15, -0.1) is 0 Å². The number of hydrogen-bond donors (Lipinski definition) is 1. The van der Waals surface area contributed by atoms with E-state index in [1.807, 2.05) is 0 Å². The fourth-order valence-electron chi connectivity index (χ4n) is 1.52. The van der Waals surface area contributed by atoms with Gasteiger partial charge in [0.15, 0.2) is 11.5 Å². The van der Waals surface area contributed by atoms with Gasteiger partial charge in [0.25, 0.3) is 0 Å². The van der Waals surface area contributed by atoms with E-state index in [2.05, 4.69) is 0 Å². The van der Waals surface area contributed by atoms with Crippen LogP contribution in [-0.4, -0.2) is 17.9 Å². The SMILES string of the molecule is O=C(O)Cc1cc(CF)cc2c1OCO2. The number of rotatable bonds is 3. The highest BCUT2D eigenvalue weighted by Crippen LogP contribution is 2.37. The number of carboxylic acids is 1. The maximum Gasteiger partial charge on any atom is 0.307 e. The molecule has 5 heteroatoms. The summed E-state index contributed by atoms with van der Waals surface area (Å²) in [6.07, 6.45) is -0.195. The van der Waals surface area contributed by atoms with E-state index in [1.165, 1.54) is 12.1 Å². The molecular formula is C10H9FO4. The van der Waals surface area contributed by atoms with E-state index >= 15 is 0 Å². The van der Waals surface area contributed by atoms with Crippen LogP contribution in [0.4, 0.5) is 4.39 Å². The molecule has 1 aliphatic rings. The molecule has 0 atom stereocenters. The molecule has 1 aromatic carbocycles. The Morgan fingerprint density at radius 2 is 2.27 bits per heavy atom. The average molecular weight is 212 g/mol. The number of alkyl halides is 1. The quantitative estimate of drug-likeness (QED) is 0.825. The van der Waals surface area contributed by atoms with E-state index in [1.54, 1.807) is 0 Å². The Balaban J connectivity index is 2.42. The van der Waals surface area contributed by atoms with Crippen molar-refractivity contribution in [3.05, 3.63) is 23.3 Å². The summed E-state index contributed by atoms with van der Waals surface area (Å²) in [4.78, 5) is 10.6. The minimum Gasteiger partial charge on any atom is -0.481 e. The standard InChI is InChI=1S/C10H9FO4/c11-4-6-1-7(3-9(12)13)10-8(2-6)14-5-15-10/h1-2H,3-5H2,(H,12,13). The summed E-state index contributed by atoms with van der Waals surface area (Å²) in [7, 11) is 0. The molecule has 1 N–H and O–H groups in total. The van der Waals surface area contributed by atoms with Crippen molar-refractivity contribution in [1.29, 1.82) is 0 Å². The first-order valence-electron chi connectivity index (χ1n) is 4.40. The third kappa shape index (κ3) is 1.86. The highest BCUT2D eigenvalue weighted by Gasteiger charge is 2.20. The van der Waals surface area contributed by atoms with E-state index in [-0.39, 0.29) is 13.2 Å². The molecule has 15 heavy (non-hydrogen) atoms. The Labute approximate surface area is 85.2 Å². The van der Waals surface area contributed by atoms with Crippen molar-refractivity contribution in [3.63, 3.8) is 0 Å². The maximum absolute atomic E-state index is 12.5. The molecule has 1 aliphatic heterocycles. The van der Waals surface area contributed by atoms with E-state index in [0.717, 1.165) is 0 Å². The predicted octanol–water partition coefficient (Wildman–Crippen LogP) is 1.51. The number of aliphatic carboxylic acids is 1. The van der Waals surface area contributed by atoms with E-state index in [4.69, 9.17) is 14.6 Å². The monoisotopic (exact) mass is 212 g/mol. The smallest absolute Gasteiger partial charge is 0.307 e. The second kappa shape index (κ2) is 3.76. The van der Waals surface area contributed by atoms with Gasteiger partial charge in [0.1, 0.15) is 6.67 Å². The zero-order chi connectivity index (χ0) is 10.8. The van der Waals surface area contributed by atoms with Gasteiger partial charge in [0.2, 0.25) is 6.79 Å². The van der Waals surface area contributed by atoms with Gasteiger partial charge >= 0.3 is 5.97 Å². The Bertz CT molecular complexity index is 403. The highest BCUT2D eigenvalue weighted by molar-refractivity contribution is 5.72. The van der Waals surface area contributed by atoms with Gasteiger partial charge in [0, 0.05) is 5.56 Å². The lowest BCUT2D eigenvalue weighted by Crippen LogP contribution is -2.02. The van der Waals surface area contributed by atoms with Crippen molar-refractivity contribution < 1.29 is 23.8 Å². The van der Waals surface area contributed by atoms with Gasteiger partial charge in [-0.3, -0.25) is 4.79 Å². The molecule has 0 aromatic heterocycles. The molecule has 1 heterocycles. The molecule has 2 rings (SSSR count). The largest absolute Gasteiger partial charge is 0.481 e. The number of hydrogen-bond acceptors (Lipinski definition) is 3. The molecule has 4 nitrogen and oxygen atoms in total. The first-order chi connectivity index (χ1) is 7.20. The zero-order valence-electron chi connectivity index (χ0n) is 7.83. The van der Waals surface area contributed by atoms with Crippen molar-refractivity contribution in [3.8, 4) is 11.5 Å². The molecule has 0 saturated carbocycles. The molecule has 0 saturated heterocycles. The second-order valence-electron chi connectivity index (χ2n) is 3.19. The fourth-order valence-corrected chi connectivity index (χ4v) is 1.52. The first kappa shape index (κ1) is 9.76. The average Bonchev–Trinajstić information content (AvgIpc) is 2.64. The topological polar surface area (TPSA) is 55.8 Å². The number of carbonyl (C=O) groups is 1. The number of benzene rings is 1. The molecule has 0 spiro atoms. The third-order valence-electron chi connectivity index (χ3n) is 2.11. The van der Waals surface area contributed by atoms with Crippen molar-refractivity contribution in [1.82, 2.24) is 0 Å². The minimum atomic E-state index is -0.983. The lowest BCUT2D eigenvalue weighted by molar-refractivity contribution is -0.136. The zero-order valence-corrected chi connectivity index (χ0v) is 7.83. The summed E-state index contributed by atoms with van der Waals surface area (Å²) in [5, 5.41) is 8.67. The van der Waals surface area contributed by atoms with Gasteiger partial charge in [0.05, 0.1) is 6.42 Å². The fraction of sp³-hybridized carbons (Fsp3) is 0.300. The summed E-state index contributed by atoms with van der Waals surface area (Å²) in [5.74, 6) is -0.153. The van der Waals surface area contributed by atoms with E-state index in [0.29, 0.717) is 22.6 Å². The van der Waals surface area contributed by atoms with E-state index < -0.39 is 12.6 Å². The van der Waals surface area contributed by atoms with E-state index in [9.17, 15) is 9.18 Å². The Morgan fingerprint density at radius 3 is 2.93 bits per heavy atom.